The van der Waals surface area contributed by atoms with Crippen LogP contribution in [-0.2, 0) is 11.3 Å². The van der Waals surface area contributed by atoms with Gasteiger partial charge in [0, 0.05) is 48.5 Å². The summed E-state index contributed by atoms with van der Waals surface area (Å²) in [6, 6.07) is 16.4. The molecule has 2 amide bonds. The van der Waals surface area contributed by atoms with Gasteiger partial charge in [0.1, 0.15) is 0 Å². The van der Waals surface area contributed by atoms with Gasteiger partial charge in [0.15, 0.2) is 0 Å². The number of anilines is 1. The standard InChI is InChI=1S/C28H27N7O2S/c36-26-25(38-28(37)34-26)15-21-7-11-31-27(33-21)35-12-8-18(9-13-35)16-29-17-22-2-1-3-24(32-22)19-4-5-23-20(14-19)6-10-30-23/h1-7,10-11,14-15,18,29-30H,8-9,12-13,16-17H2,(H,34,36,37)/b25-15+. The number of H-pyrrole nitrogens is 1. The van der Waals surface area contributed by atoms with Gasteiger partial charge in [0.25, 0.3) is 11.1 Å². The van der Waals surface area contributed by atoms with Gasteiger partial charge in [0.05, 0.1) is 22.0 Å². The summed E-state index contributed by atoms with van der Waals surface area (Å²) in [6.07, 6.45) is 7.36. The molecule has 2 aliphatic rings. The number of amides is 2. The minimum atomic E-state index is -0.381. The van der Waals surface area contributed by atoms with Crippen LogP contribution < -0.4 is 15.5 Å². The summed E-state index contributed by atoms with van der Waals surface area (Å²) in [7, 11) is 0. The number of pyridine rings is 1. The number of hydrogen-bond donors (Lipinski definition) is 3. The maximum absolute atomic E-state index is 11.8. The van der Waals surface area contributed by atoms with Crippen LogP contribution in [0.5, 0.6) is 0 Å². The number of hydrogen-bond acceptors (Lipinski definition) is 8. The lowest BCUT2D eigenvalue weighted by atomic mass is 9.97. The molecule has 2 saturated heterocycles. The van der Waals surface area contributed by atoms with E-state index in [0.29, 0.717) is 22.5 Å². The minimum Gasteiger partial charge on any atom is -0.361 e. The molecule has 2 fully saturated rings. The molecule has 38 heavy (non-hydrogen) atoms. The lowest BCUT2D eigenvalue weighted by Gasteiger charge is -2.32. The molecule has 0 atom stereocenters. The molecule has 6 rings (SSSR count). The van der Waals surface area contributed by atoms with E-state index < -0.39 is 0 Å². The first-order valence-corrected chi connectivity index (χ1v) is 13.5. The van der Waals surface area contributed by atoms with Crippen LogP contribution in [0.4, 0.5) is 10.7 Å². The van der Waals surface area contributed by atoms with Crippen molar-refractivity contribution in [2.75, 3.05) is 24.5 Å². The molecule has 10 heteroatoms. The number of carbonyl (C=O) groups excluding carboxylic acids is 2. The third-order valence-corrected chi connectivity index (χ3v) is 7.69. The predicted octanol–water partition coefficient (Wildman–Crippen LogP) is 4.35. The maximum Gasteiger partial charge on any atom is 0.290 e. The molecule has 192 valence electrons. The van der Waals surface area contributed by atoms with Gasteiger partial charge in [-0.25, -0.2) is 9.97 Å². The van der Waals surface area contributed by atoms with Crippen molar-refractivity contribution in [3.05, 3.63) is 77.2 Å². The second kappa shape index (κ2) is 10.8. The first kappa shape index (κ1) is 24.3. The van der Waals surface area contributed by atoms with E-state index in [1.165, 1.54) is 5.39 Å². The molecule has 0 radical (unpaired) electrons. The van der Waals surface area contributed by atoms with Crippen molar-refractivity contribution in [1.82, 2.24) is 30.6 Å². The van der Waals surface area contributed by atoms with Gasteiger partial charge in [-0.15, -0.1) is 0 Å². The largest absolute Gasteiger partial charge is 0.361 e. The number of carbonyl (C=O) groups is 2. The molecule has 3 aromatic heterocycles. The number of nitrogens with one attached hydrogen (secondary N) is 3. The smallest absolute Gasteiger partial charge is 0.290 e. The predicted molar refractivity (Wildman–Crippen MR) is 149 cm³/mol. The van der Waals surface area contributed by atoms with Gasteiger partial charge in [-0.3, -0.25) is 19.9 Å². The van der Waals surface area contributed by atoms with E-state index in [-0.39, 0.29) is 11.1 Å². The Labute approximate surface area is 224 Å². The van der Waals surface area contributed by atoms with Crippen molar-refractivity contribution < 1.29 is 9.59 Å². The second-order valence-corrected chi connectivity index (χ2v) is 10.5. The molecular weight excluding hydrogens is 498 g/mol. The third kappa shape index (κ3) is 5.46. The first-order chi connectivity index (χ1) is 18.6. The van der Waals surface area contributed by atoms with Crippen molar-refractivity contribution in [2.24, 2.45) is 5.92 Å². The molecule has 5 heterocycles. The Morgan fingerprint density at radius 3 is 2.82 bits per heavy atom. The molecule has 3 N–H and O–H groups in total. The van der Waals surface area contributed by atoms with Crippen LogP contribution in [0.1, 0.15) is 24.2 Å². The van der Waals surface area contributed by atoms with E-state index in [1.807, 2.05) is 6.20 Å². The summed E-state index contributed by atoms with van der Waals surface area (Å²) in [4.78, 5) is 42.9. The zero-order valence-corrected chi connectivity index (χ0v) is 21.5. The van der Waals surface area contributed by atoms with E-state index in [4.69, 9.17) is 4.98 Å². The van der Waals surface area contributed by atoms with Crippen molar-refractivity contribution in [2.45, 2.75) is 19.4 Å². The fraction of sp³-hybridized carbons (Fsp3) is 0.250. The van der Waals surface area contributed by atoms with E-state index in [0.717, 1.165) is 73.3 Å². The molecule has 4 aromatic rings. The third-order valence-electron chi connectivity index (χ3n) is 6.88. The maximum atomic E-state index is 11.8. The number of aromatic amines is 1. The lowest BCUT2D eigenvalue weighted by Crippen LogP contribution is -2.38. The van der Waals surface area contributed by atoms with Gasteiger partial charge >= 0.3 is 0 Å². The van der Waals surface area contributed by atoms with E-state index in [1.54, 1.807) is 18.3 Å². The Bertz CT molecular complexity index is 1520. The first-order valence-electron chi connectivity index (χ1n) is 12.7. The molecular formula is C28H27N7O2S. The van der Waals surface area contributed by atoms with Crippen molar-refractivity contribution in [3.8, 4) is 11.3 Å². The molecule has 0 saturated carbocycles. The van der Waals surface area contributed by atoms with Crippen molar-refractivity contribution in [3.63, 3.8) is 0 Å². The van der Waals surface area contributed by atoms with Crippen LogP contribution in [-0.4, -0.2) is 50.7 Å². The molecule has 1 aromatic carbocycles. The van der Waals surface area contributed by atoms with Gasteiger partial charge in [-0.1, -0.05) is 12.1 Å². The Balaban J connectivity index is 1.01. The van der Waals surface area contributed by atoms with E-state index in [2.05, 4.69) is 72.9 Å². The van der Waals surface area contributed by atoms with Crippen LogP contribution in [0.25, 0.3) is 28.2 Å². The summed E-state index contributed by atoms with van der Waals surface area (Å²) in [5.74, 6) is 0.841. The SMILES string of the molecule is O=C1NC(=O)/C(=C\c2ccnc(N3CCC(CNCc4cccc(-c5ccc6[nH]ccc6c5)n4)CC3)n2)S1. The van der Waals surface area contributed by atoms with Gasteiger partial charge in [0.2, 0.25) is 5.95 Å². The Morgan fingerprint density at radius 2 is 1.97 bits per heavy atom. The van der Waals surface area contributed by atoms with Crippen LogP contribution >= 0.6 is 11.8 Å². The zero-order valence-electron chi connectivity index (χ0n) is 20.7. The average Bonchev–Trinajstić information content (AvgIpc) is 3.54. The fourth-order valence-electron chi connectivity index (χ4n) is 4.84. The summed E-state index contributed by atoms with van der Waals surface area (Å²) in [5.41, 5.74) is 4.88. The monoisotopic (exact) mass is 525 g/mol. The number of benzene rings is 1. The average molecular weight is 526 g/mol. The van der Waals surface area contributed by atoms with Gasteiger partial charge < -0.3 is 15.2 Å². The number of rotatable bonds is 7. The summed E-state index contributed by atoms with van der Waals surface area (Å²) < 4.78 is 0. The van der Waals surface area contributed by atoms with Crippen molar-refractivity contribution >= 4 is 45.8 Å². The fourth-order valence-corrected chi connectivity index (χ4v) is 5.51. The van der Waals surface area contributed by atoms with Crippen LogP contribution in [0.2, 0.25) is 0 Å². The highest BCUT2D eigenvalue weighted by Gasteiger charge is 2.25. The summed E-state index contributed by atoms with van der Waals surface area (Å²) >= 11 is 0.891. The zero-order chi connectivity index (χ0) is 25.9. The molecule has 2 aliphatic heterocycles. The van der Waals surface area contributed by atoms with Gasteiger partial charge in [-0.05, 0) is 79.5 Å². The number of thioether (sulfide) groups is 1. The van der Waals surface area contributed by atoms with E-state index >= 15 is 0 Å². The van der Waals surface area contributed by atoms with E-state index in [9.17, 15) is 9.59 Å². The van der Waals surface area contributed by atoms with Crippen LogP contribution in [0.15, 0.2) is 65.8 Å². The lowest BCUT2D eigenvalue weighted by molar-refractivity contribution is -0.115. The highest BCUT2D eigenvalue weighted by molar-refractivity contribution is 8.18. The quantitative estimate of drug-likeness (QED) is 0.305. The van der Waals surface area contributed by atoms with Crippen molar-refractivity contribution in [1.29, 1.82) is 0 Å². The number of imide groups is 1. The molecule has 0 spiro atoms. The Hall–Kier alpha value is -4.02. The number of fused-ring (bicyclic) bond motifs is 1. The molecule has 0 unspecified atom stereocenters. The number of aromatic nitrogens is 4. The minimum absolute atomic E-state index is 0.353. The summed E-state index contributed by atoms with van der Waals surface area (Å²) in [5, 5.41) is 6.69. The molecule has 0 aliphatic carbocycles. The van der Waals surface area contributed by atoms with Crippen LogP contribution in [0, 0.1) is 5.92 Å². The molecule has 9 nitrogen and oxygen atoms in total. The number of piperidine rings is 1. The molecule has 0 bridgehead atoms. The number of nitrogens with zero attached hydrogens (tertiary/aromatic N) is 4. The van der Waals surface area contributed by atoms with Crippen LogP contribution in [0.3, 0.4) is 0 Å². The topological polar surface area (TPSA) is 116 Å². The second-order valence-electron chi connectivity index (χ2n) is 9.49. The highest BCUT2D eigenvalue weighted by Crippen LogP contribution is 2.26. The van der Waals surface area contributed by atoms with Gasteiger partial charge in [-0.2, -0.15) is 0 Å². The Morgan fingerprint density at radius 1 is 1.08 bits per heavy atom. The highest BCUT2D eigenvalue weighted by atomic mass is 32.2. The Kier molecular flexibility index (Phi) is 6.89. The normalized spacial score (nSPS) is 17.5. The summed E-state index contributed by atoms with van der Waals surface area (Å²) in [6.45, 7) is 3.40.